The van der Waals surface area contributed by atoms with Gasteiger partial charge in [0.05, 0.1) is 29.2 Å². The second-order valence-electron chi connectivity index (χ2n) is 11.2. The summed E-state index contributed by atoms with van der Waals surface area (Å²) < 4.78 is 44.5. The lowest BCUT2D eigenvalue weighted by Gasteiger charge is -2.52. The maximum atomic E-state index is 13.0. The third-order valence-corrected chi connectivity index (χ3v) is 8.33. The van der Waals surface area contributed by atoms with E-state index < -0.39 is 28.7 Å². The summed E-state index contributed by atoms with van der Waals surface area (Å²) in [4.78, 5) is 30.6. The molecule has 1 aromatic heterocycles. The molecule has 3 heterocycles. The van der Waals surface area contributed by atoms with Crippen molar-refractivity contribution in [2.75, 3.05) is 26.8 Å². The fourth-order valence-electron chi connectivity index (χ4n) is 6.10. The van der Waals surface area contributed by atoms with Crippen molar-refractivity contribution in [2.24, 2.45) is 5.41 Å². The molecule has 2 fully saturated rings. The van der Waals surface area contributed by atoms with Crippen molar-refractivity contribution in [3.8, 4) is 0 Å². The van der Waals surface area contributed by atoms with Gasteiger partial charge in [0.1, 0.15) is 0 Å². The fourth-order valence-corrected chi connectivity index (χ4v) is 6.10. The second-order valence-corrected chi connectivity index (χ2v) is 11.2. The summed E-state index contributed by atoms with van der Waals surface area (Å²) in [6.45, 7) is 3.66. The monoisotopic (exact) mass is 555 g/mol. The van der Waals surface area contributed by atoms with E-state index in [1.807, 2.05) is 31.2 Å². The molecule has 0 spiro atoms. The van der Waals surface area contributed by atoms with Crippen molar-refractivity contribution in [1.29, 1.82) is 0 Å². The summed E-state index contributed by atoms with van der Waals surface area (Å²) in [5.74, 6) is -1.07. The van der Waals surface area contributed by atoms with E-state index in [4.69, 9.17) is 4.74 Å². The number of benzene rings is 2. The number of alkyl halides is 3. The molecule has 10 heteroatoms. The van der Waals surface area contributed by atoms with Crippen molar-refractivity contribution in [3.05, 3.63) is 77.0 Å². The number of hydrogen-bond donors (Lipinski definition) is 2. The number of hydrogen-bond acceptors (Lipinski definition) is 6. The van der Waals surface area contributed by atoms with E-state index in [0.717, 1.165) is 28.6 Å². The molecule has 5 rings (SSSR count). The van der Waals surface area contributed by atoms with E-state index in [1.165, 1.54) is 12.1 Å². The van der Waals surface area contributed by atoms with E-state index in [2.05, 4.69) is 15.2 Å². The van der Waals surface area contributed by atoms with Crippen LogP contribution in [-0.2, 0) is 32.6 Å². The molecule has 2 aromatic carbocycles. The van der Waals surface area contributed by atoms with E-state index in [-0.39, 0.29) is 24.8 Å². The highest BCUT2D eigenvalue weighted by molar-refractivity contribution is 6.01. The lowest BCUT2D eigenvalue weighted by Crippen LogP contribution is -2.58. The standard InChI is InChI=1S/C30H32F3N3O4/c1-28(18-40-2)17-36(16-19-3-5-22(6-4-19)30(31,32)33)12-11-29(28,39)23-7-9-25-20(14-23)13-21(15-34-25)24-8-10-26(37)35-27(24)38/h3-7,9,13-15,24,39H,8,10-12,16-18H2,1-2H3,(H,35,37,38)/t24?,28-,29-/m1/s1. The number of likely N-dealkylation sites (tertiary alicyclic amines) is 1. The van der Waals surface area contributed by atoms with Crippen LogP contribution in [0.2, 0.25) is 0 Å². The maximum absolute atomic E-state index is 13.0. The largest absolute Gasteiger partial charge is 0.416 e. The number of nitrogens with one attached hydrogen (secondary N) is 1. The minimum atomic E-state index is -4.38. The van der Waals surface area contributed by atoms with E-state index in [0.29, 0.717) is 43.6 Å². The first-order chi connectivity index (χ1) is 18.9. The molecule has 212 valence electrons. The van der Waals surface area contributed by atoms with Gasteiger partial charge in [0.25, 0.3) is 0 Å². The Hall–Kier alpha value is -3.34. The molecular formula is C30H32F3N3O4. The third kappa shape index (κ3) is 5.35. The summed E-state index contributed by atoms with van der Waals surface area (Å²) in [7, 11) is 1.58. The van der Waals surface area contributed by atoms with Gasteiger partial charge < -0.3 is 9.84 Å². The van der Waals surface area contributed by atoms with Gasteiger partial charge in [-0.15, -0.1) is 0 Å². The SMILES string of the molecule is COC[C@@]1(C)CN(Cc2ccc(C(F)(F)F)cc2)CC[C@@]1(O)c1ccc2ncc(C3CCC(=O)NC3=O)cc2c1. The molecule has 2 saturated heterocycles. The van der Waals surface area contributed by atoms with Gasteiger partial charge in [-0.05, 0) is 59.9 Å². The first kappa shape index (κ1) is 28.2. The quantitative estimate of drug-likeness (QED) is 0.435. The Kier molecular flexibility index (Phi) is 7.45. The number of halogens is 3. The summed E-state index contributed by atoms with van der Waals surface area (Å²) in [6, 6.07) is 12.7. The fraction of sp³-hybridized carbons (Fsp3) is 0.433. The molecule has 3 aromatic rings. The number of aromatic nitrogens is 1. The first-order valence-corrected chi connectivity index (χ1v) is 13.3. The number of imide groups is 1. The Bertz CT molecular complexity index is 1430. The Morgan fingerprint density at radius 2 is 1.90 bits per heavy atom. The zero-order valence-electron chi connectivity index (χ0n) is 22.4. The van der Waals surface area contributed by atoms with Gasteiger partial charge in [-0.3, -0.25) is 24.8 Å². The van der Waals surface area contributed by atoms with Gasteiger partial charge in [-0.25, -0.2) is 0 Å². The molecule has 1 unspecified atom stereocenters. The lowest BCUT2D eigenvalue weighted by atomic mass is 9.65. The number of rotatable bonds is 6. The zero-order chi connectivity index (χ0) is 28.7. The van der Waals surface area contributed by atoms with Crippen LogP contribution in [0.3, 0.4) is 0 Å². The number of methoxy groups -OCH3 is 1. The molecule has 3 atom stereocenters. The zero-order valence-corrected chi connectivity index (χ0v) is 22.4. The third-order valence-electron chi connectivity index (χ3n) is 8.33. The topological polar surface area (TPSA) is 91.8 Å². The van der Waals surface area contributed by atoms with E-state index in [9.17, 15) is 27.9 Å². The van der Waals surface area contributed by atoms with E-state index in [1.54, 1.807) is 13.3 Å². The summed E-state index contributed by atoms with van der Waals surface area (Å²) >= 11 is 0. The lowest BCUT2D eigenvalue weighted by molar-refractivity contribution is -0.158. The number of piperidine rings is 2. The number of nitrogens with zero attached hydrogens (tertiary/aromatic N) is 2. The van der Waals surface area contributed by atoms with Crippen LogP contribution in [0.25, 0.3) is 10.9 Å². The Balaban J connectivity index is 1.40. The van der Waals surface area contributed by atoms with Crippen molar-refractivity contribution < 1.29 is 32.6 Å². The van der Waals surface area contributed by atoms with Crippen LogP contribution in [0.1, 0.15) is 54.4 Å². The Morgan fingerprint density at radius 1 is 1.15 bits per heavy atom. The van der Waals surface area contributed by atoms with Crippen LogP contribution in [0, 0.1) is 5.41 Å². The molecule has 0 bridgehead atoms. The first-order valence-electron chi connectivity index (χ1n) is 13.3. The number of aliphatic hydroxyl groups is 1. The number of carbonyl (C=O) groups is 2. The van der Waals surface area contributed by atoms with Crippen LogP contribution in [0.5, 0.6) is 0 Å². The number of amides is 2. The summed E-state index contributed by atoms with van der Waals surface area (Å²) in [5.41, 5.74) is 0.239. The van der Waals surface area contributed by atoms with Crippen LogP contribution in [-0.4, -0.2) is 53.6 Å². The van der Waals surface area contributed by atoms with E-state index >= 15 is 0 Å². The summed E-state index contributed by atoms with van der Waals surface area (Å²) in [6.07, 6.45) is -1.64. The highest BCUT2D eigenvalue weighted by atomic mass is 19.4. The van der Waals surface area contributed by atoms with Gasteiger partial charge >= 0.3 is 6.18 Å². The average Bonchev–Trinajstić information content (AvgIpc) is 2.90. The normalized spacial score (nSPS) is 26.2. The van der Waals surface area contributed by atoms with Gasteiger partial charge in [-0.1, -0.05) is 25.1 Å². The molecule has 40 heavy (non-hydrogen) atoms. The van der Waals surface area contributed by atoms with Crippen molar-refractivity contribution in [1.82, 2.24) is 15.2 Å². The number of carbonyl (C=O) groups excluding carboxylic acids is 2. The van der Waals surface area contributed by atoms with Gasteiger partial charge in [0, 0.05) is 50.2 Å². The highest BCUT2D eigenvalue weighted by Crippen LogP contribution is 2.47. The summed E-state index contributed by atoms with van der Waals surface area (Å²) in [5, 5.41) is 15.4. The van der Waals surface area contributed by atoms with Crippen LogP contribution in [0.4, 0.5) is 13.2 Å². The number of ether oxygens (including phenoxy) is 1. The molecule has 2 aliphatic heterocycles. The van der Waals surface area contributed by atoms with Crippen molar-refractivity contribution in [3.63, 3.8) is 0 Å². The minimum absolute atomic E-state index is 0.264. The average molecular weight is 556 g/mol. The van der Waals surface area contributed by atoms with Gasteiger partial charge in [0.15, 0.2) is 0 Å². The Morgan fingerprint density at radius 3 is 2.58 bits per heavy atom. The van der Waals surface area contributed by atoms with Crippen LogP contribution < -0.4 is 5.32 Å². The molecule has 0 radical (unpaired) electrons. The molecule has 0 aliphatic carbocycles. The van der Waals surface area contributed by atoms with Crippen LogP contribution >= 0.6 is 0 Å². The van der Waals surface area contributed by atoms with Crippen molar-refractivity contribution in [2.45, 2.75) is 50.4 Å². The molecule has 2 amide bonds. The number of pyridine rings is 1. The van der Waals surface area contributed by atoms with Crippen molar-refractivity contribution >= 4 is 22.7 Å². The maximum Gasteiger partial charge on any atom is 0.416 e. The smallest absolute Gasteiger partial charge is 0.384 e. The molecule has 7 nitrogen and oxygen atoms in total. The molecular weight excluding hydrogens is 523 g/mol. The highest BCUT2D eigenvalue weighted by Gasteiger charge is 2.52. The van der Waals surface area contributed by atoms with Gasteiger partial charge in [-0.2, -0.15) is 13.2 Å². The second kappa shape index (κ2) is 10.6. The minimum Gasteiger partial charge on any atom is -0.384 e. The van der Waals surface area contributed by atoms with Crippen LogP contribution in [0.15, 0.2) is 54.7 Å². The predicted octanol–water partition coefficient (Wildman–Crippen LogP) is 4.52. The number of fused-ring (bicyclic) bond motifs is 1. The Labute approximate surface area is 230 Å². The molecule has 2 aliphatic rings. The molecule has 2 N–H and O–H groups in total. The van der Waals surface area contributed by atoms with Gasteiger partial charge in [0.2, 0.25) is 11.8 Å². The predicted molar refractivity (Wildman–Crippen MR) is 142 cm³/mol. The molecule has 0 saturated carbocycles.